The smallest absolute Gasteiger partial charge is 0.0897 e. The fourth-order valence-corrected chi connectivity index (χ4v) is 4.18. The first-order valence-corrected chi connectivity index (χ1v) is 8.55. The molecule has 0 aromatic carbocycles. The van der Waals surface area contributed by atoms with Crippen molar-refractivity contribution in [1.82, 2.24) is 9.88 Å². The first-order chi connectivity index (χ1) is 8.55. The van der Waals surface area contributed by atoms with Gasteiger partial charge in [-0.3, -0.25) is 4.90 Å². The second kappa shape index (κ2) is 5.86. The number of rotatable bonds is 4. The van der Waals surface area contributed by atoms with Crippen LogP contribution >= 0.6 is 35.3 Å². The maximum absolute atomic E-state index is 5.90. The van der Waals surface area contributed by atoms with Crippen LogP contribution in [-0.4, -0.2) is 39.0 Å². The normalized spacial score (nSPS) is 19.9. The van der Waals surface area contributed by atoms with Crippen LogP contribution in [0.2, 0.25) is 0 Å². The molecule has 3 nitrogen and oxygen atoms in total. The molecule has 100 valence electrons. The minimum atomic E-state index is 0.0177. The SMILES string of the molecule is CSC1(C(N)=S)CCN(Cc2csc(C)n2)CC1. The molecular weight excluding hydrogens is 282 g/mol. The number of aromatic nitrogens is 1. The molecule has 0 spiro atoms. The molecule has 1 fully saturated rings. The van der Waals surface area contributed by atoms with Crippen LogP contribution < -0.4 is 5.73 Å². The lowest BCUT2D eigenvalue weighted by Crippen LogP contribution is -2.48. The number of hydrogen-bond donors (Lipinski definition) is 1. The molecule has 1 aliphatic rings. The Morgan fingerprint density at radius 2 is 2.28 bits per heavy atom. The highest BCUT2D eigenvalue weighted by Crippen LogP contribution is 2.35. The summed E-state index contributed by atoms with van der Waals surface area (Å²) in [6.45, 7) is 5.10. The number of piperidine rings is 1. The third-order valence-electron chi connectivity index (χ3n) is 3.56. The third-order valence-corrected chi connectivity index (χ3v) is 6.31. The van der Waals surface area contributed by atoms with Crippen molar-refractivity contribution in [3.63, 3.8) is 0 Å². The van der Waals surface area contributed by atoms with E-state index in [-0.39, 0.29) is 4.75 Å². The van der Waals surface area contributed by atoms with Crippen molar-refractivity contribution in [2.75, 3.05) is 19.3 Å². The molecule has 0 radical (unpaired) electrons. The van der Waals surface area contributed by atoms with Crippen LogP contribution in [0.3, 0.4) is 0 Å². The highest BCUT2D eigenvalue weighted by molar-refractivity contribution is 8.02. The van der Waals surface area contributed by atoms with Gasteiger partial charge < -0.3 is 5.73 Å². The summed E-state index contributed by atoms with van der Waals surface area (Å²) in [6, 6.07) is 0. The minimum Gasteiger partial charge on any atom is -0.392 e. The van der Waals surface area contributed by atoms with Gasteiger partial charge in [-0.05, 0) is 26.0 Å². The minimum absolute atomic E-state index is 0.0177. The average molecular weight is 302 g/mol. The van der Waals surface area contributed by atoms with E-state index < -0.39 is 0 Å². The summed E-state index contributed by atoms with van der Waals surface area (Å²) < 4.78 is 0.0177. The van der Waals surface area contributed by atoms with Crippen LogP contribution in [-0.2, 0) is 6.54 Å². The lowest BCUT2D eigenvalue weighted by atomic mass is 9.95. The van der Waals surface area contributed by atoms with Gasteiger partial charge in [0.15, 0.2) is 0 Å². The molecule has 1 aromatic rings. The summed E-state index contributed by atoms with van der Waals surface area (Å²) in [6.07, 6.45) is 4.21. The second-order valence-electron chi connectivity index (χ2n) is 4.70. The Hall–Kier alpha value is -0.170. The molecule has 6 heteroatoms. The molecule has 0 aliphatic carbocycles. The van der Waals surface area contributed by atoms with E-state index in [0.29, 0.717) is 4.99 Å². The molecule has 1 saturated heterocycles. The zero-order valence-electron chi connectivity index (χ0n) is 10.8. The van der Waals surface area contributed by atoms with Gasteiger partial charge in [0.1, 0.15) is 0 Å². The van der Waals surface area contributed by atoms with E-state index in [1.54, 1.807) is 11.3 Å². The number of nitrogens with zero attached hydrogens (tertiary/aromatic N) is 2. The van der Waals surface area contributed by atoms with Crippen LogP contribution in [0, 0.1) is 6.92 Å². The van der Waals surface area contributed by atoms with Crippen LogP contribution in [0.25, 0.3) is 0 Å². The van der Waals surface area contributed by atoms with Gasteiger partial charge in [-0.15, -0.1) is 11.3 Å². The van der Waals surface area contributed by atoms with Crippen molar-refractivity contribution in [3.8, 4) is 0 Å². The first-order valence-electron chi connectivity index (χ1n) is 6.04. The van der Waals surface area contributed by atoms with Crippen LogP contribution in [0.1, 0.15) is 23.5 Å². The Labute approximate surface area is 122 Å². The van der Waals surface area contributed by atoms with Crippen molar-refractivity contribution >= 4 is 40.3 Å². The second-order valence-corrected chi connectivity index (χ2v) is 7.39. The fourth-order valence-electron chi connectivity index (χ4n) is 2.33. The van der Waals surface area contributed by atoms with E-state index in [9.17, 15) is 0 Å². The highest BCUT2D eigenvalue weighted by Gasteiger charge is 2.36. The summed E-state index contributed by atoms with van der Waals surface area (Å²) >= 11 is 8.75. The molecule has 1 aliphatic heterocycles. The summed E-state index contributed by atoms with van der Waals surface area (Å²) in [4.78, 5) is 7.63. The van der Waals surface area contributed by atoms with Gasteiger partial charge >= 0.3 is 0 Å². The van der Waals surface area contributed by atoms with Crippen molar-refractivity contribution in [1.29, 1.82) is 0 Å². The number of thiocarbonyl (C=S) groups is 1. The molecule has 2 rings (SSSR count). The fraction of sp³-hybridized carbons (Fsp3) is 0.667. The number of thioether (sulfide) groups is 1. The zero-order chi connectivity index (χ0) is 13.2. The predicted molar refractivity (Wildman–Crippen MR) is 84.4 cm³/mol. The van der Waals surface area contributed by atoms with Gasteiger partial charge in [-0.2, -0.15) is 11.8 Å². The van der Waals surface area contributed by atoms with Crippen molar-refractivity contribution in [2.24, 2.45) is 5.73 Å². The van der Waals surface area contributed by atoms with Crippen molar-refractivity contribution in [2.45, 2.75) is 31.1 Å². The Balaban J connectivity index is 1.92. The number of thiazole rings is 1. The van der Waals surface area contributed by atoms with Gasteiger partial charge in [-0.25, -0.2) is 4.98 Å². The molecule has 2 N–H and O–H groups in total. The van der Waals surface area contributed by atoms with E-state index in [1.807, 2.05) is 11.8 Å². The Bertz CT molecular complexity index is 422. The molecular formula is C12H19N3S3. The van der Waals surface area contributed by atoms with Gasteiger partial charge in [0.2, 0.25) is 0 Å². The highest BCUT2D eigenvalue weighted by atomic mass is 32.2. The summed E-state index contributed by atoms with van der Waals surface area (Å²) in [5, 5.41) is 3.29. The van der Waals surface area contributed by atoms with Gasteiger partial charge in [0, 0.05) is 25.0 Å². The predicted octanol–water partition coefficient (Wildman–Crippen LogP) is 2.44. The molecule has 0 amide bonds. The van der Waals surface area contributed by atoms with E-state index in [0.717, 1.165) is 37.5 Å². The topological polar surface area (TPSA) is 42.1 Å². The van der Waals surface area contributed by atoms with Crippen LogP contribution in [0.4, 0.5) is 0 Å². The summed E-state index contributed by atoms with van der Waals surface area (Å²) in [5.74, 6) is 0. The van der Waals surface area contributed by atoms with E-state index in [1.165, 1.54) is 5.69 Å². The quantitative estimate of drug-likeness (QED) is 0.865. The number of aryl methyl sites for hydroxylation is 1. The molecule has 0 saturated carbocycles. The Morgan fingerprint density at radius 1 is 1.61 bits per heavy atom. The van der Waals surface area contributed by atoms with Crippen molar-refractivity contribution < 1.29 is 0 Å². The largest absolute Gasteiger partial charge is 0.392 e. The molecule has 2 heterocycles. The maximum Gasteiger partial charge on any atom is 0.0897 e. The standard InChI is InChI=1S/C12H19N3S3/c1-9-14-10(8-18-9)7-15-5-3-12(17-2,4-6-15)11(13)16/h8H,3-7H2,1-2H3,(H2,13,16). The van der Waals surface area contributed by atoms with Gasteiger partial charge in [0.25, 0.3) is 0 Å². The summed E-state index contributed by atoms with van der Waals surface area (Å²) in [5.41, 5.74) is 7.08. The van der Waals surface area contributed by atoms with E-state index in [4.69, 9.17) is 18.0 Å². The van der Waals surface area contributed by atoms with Gasteiger partial charge in [0.05, 0.1) is 20.4 Å². The molecule has 18 heavy (non-hydrogen) atoms. The number of hydrogen-bond acceptors (Lipinski definition) is 5. The number of likely N-dealkylation sites (tertiary alicyclic amines) is 1. The van der Waals surface area contributed by atoms with Gasteiger partial charge in [-0.1, -0.05) is 12.2 Å². The van der Waals surface area contributed by atoms with E-state index >= 15 is 0 Å². The van der Waals surface area contributed by atoms with Crippen LogP contribution in [0.5, 0.6) is 0 Å². The number of nitrogens with two attached hydrogens (primary N) is 1. The molecule has 1 aromatic heterocycles. The first kappa shape index (κ1) is 14.2. The molecule has 0 unspecified atom stereocenters. The Morgan fingerprint density at radius 3 is 2.72 bits per heavy atom. The van der Waals surface area contributed by atoms with E-state index in [2.05, 4.69) is 28.4 Å². The zero-order valence-corrected chi connectivity index (χ0v) is 13.3. The monoisotopic (exact) mass is 301 g/mol. The Kier molecular flexibility index (Phi) is 4.64. The maximum atomic E-state index is 5.90. The average Bonchev–Trinajstić information content (AvgIpc) is 2.76. The lowest BCUT2D eigenvalue weighted by molar-refractivity contribution is 0.210. The third kappa shape index (κ3) is 3.04. The van der Waals surface area contributed by atoms with Crippen molar-refractivity contribution in [3.05, 3.63) is 16.1 Å². The molecule has 0 bridgehead atoms. The lowest BCUT2D eigenvalue weighted by Gasteiger charge is -2.39. The van der Waals surface area contributed by atoms with Crippen LogP contribution in [0.15, 0.2) is 5.38 Å². The molecule has 0 atom stereocenters. The summed E-state index contributed by atoms with van der Waals surface area (Å²) in [7, 11) is 0.